The lowest BCUT2D eigenvalue weighted by molar-refractivity contribution is 0.613. The van der Waals surface area contributed by atoms with Gasteiger partial charge in [-0.1, -0.05) is 59.6 Å². The fourth-order valence-corrected chi connectivity index (χ4v) is 2.75. The zero-order valence-corrected chi connectivity index (χ0v) is 12.2. The van der Waals surface area contributed by atoms with Gasteiger partial charge in [0.05, 0.1) is 0 Å². The van der Waals surface area contributed by atoms with Gasteiger partial charge in [0.15, 0.2) is 0 Å². The highest BCUT2D eigenvalue weighted by molar-refractivity contribution is 6.30. The summed E-state index contributed by atoms with van der Waals surface area (Å²) in [6, 6.07) is 16.6. The fourth-order valence-electron chi connectivity index (χ4n) is 2.63. The second kappa shape index (κ2) is 6.25. The minimum atomic E-state index is 0.781. The average molecular weight is 284 g/mol. The molecule has 1 heterocycles. The first-order valence-corrected chi connectivity index (χ1v) is 7.46. The molecule has 1 nitrogen and oxygen atoms in total. The summed E-state index contributed by atoms with van der Waals surface area (Å²) in [5.41, 5.74) is 5.32. The minimum absolute atomic E-state index is 0.781. The van der Waals surface area contributed by atoms with E-state index in [0.717, 1.165) is 31.0 Å². The third-order valence-corrected chi connectivity index (χ3v) is 3.97. The first kappa shape index (κ1) is 13.4. The van der Waals surface area contributed by atoms with E-state index in [1.54, 1.807) is 0 Å². The highest BCUT2D eigenvalue weighted by atomic mass is 35.5. The molecule has 2 aromatic rings. The van der Waals surface area contributed by atoms with Gasteiger partial charge in [0.25, 0.3) is 0 Å². The Morgan fingerprint density at radius 2 is 1.60 bits per heavy atom. The summed E-state index contributed by atoms with van der Waals surface area (Å²) >= 11 is 5.98. The highest BCUT2D eigenvalue weighted by Gasteiger charge is 2.07. The van der Waals surface area contributed by atoms with Gasteiger partial charge in [-0.25, -0.2) is 0 Å². The maximum Gasteiger partial charge on any atom is 0.0406 e. The molecule has 0 atom stereocenters. The van der Waals surface area contributed by atoms with E-state index < -0.39 is 0 Å². The number of benzene rings is 2. The van der Waals surface area contributed by atoms with Crippen molar-refractivity contribution in [3.05, 3.63) is 64.7 Å². The van der Waals surface area contributed by atoms with E-state index in [9.17, 15) is 0 Å². The van der Waals surface area contributed by atoms with E-state index in [2.05, 4.69) is 47.8 Å². The van der Waals surface area contributed by atoms with Crippen LogP contribution in [0.3, 0.4) is 0 Å². The van der Waals surface area contributed by atoms with Crippen LogP contribution in [0, 0.1) is 0 Å². The molecule has 0 aromatic heterocycles. The van der Waals surface area contributed by atoms with Crippen LogP contribution >= 0.6 is 11.6 Å². The molecule has 0 amide bonds. The first-order valence-electron chi connectivity index (χ1n) is 7.08. The number of hydrogen-bond donors (Lipinski definition) is 1. The molecule has 2 aromatic carbocycles. The summed E-state index contributed by atoms with van der Waals surface area (Å²) in [4.78, 5) is 0. The number of nitrogens with one attached hydrogen (secondary N) is 1. The van der Waals surface area contributed by atoms with E-state index >= 15 is 0 Å². The van der Waals surface area contributed by atoms with Gasteiger partial charge >= 0.3 is 0 Å². The van der Waals surface area contributed by atoms with Crippen LogP contribution in [-0.4, -0.2) is 13.1 Å². The quantitative estimate of drug-likeness (QED) is 0.837. The maximum atomic E-state index is 5.98. The van der Waals surface area contributed by atoms with E-state index in [4.69, 9.17) is 11.6 Å². The molecule has 1 aliphatic heterocycles. The van der Waals surface area contributed by atoms with Crippen LogP contribution in [0.1, 0.15) is 18.4 Å². The molecule has 20 heavy (non-hydrogen) atoms. The van der Waals surface area contributed by atoms with Gasteiger partial charge < -0.3 is 5.32 Å². The summed E-state index contributed by atoms with van der Waals surface area (Å²) in [7, 11) is 0. The molecule has 1 fully saturated rings. The molecule has 0 bridgehead atoms. The van der Waals surface area contributed by atoms with Crippen LogP contribution in [0.4, 0.5) is 0 Å². The van der Waals surface area contributed by atoms with Gasteiger partial charge in [0, 0.05) is 5.02 Å². The van der Waals surface area contributed by atoms with E-state index in [1.807, 2.05) is 12.1 Å². The monoisotopic (exact) mass is 283 g/mol. The predicted octanol–water partition coefficient (Wildman–Crippen LogP) is 4.77. The maximum absolute atomic E-state index is 5.98. The van der Waals surface area contributed by atoms with Gasteiger partial charge in [-0.05, 0) is 54.8 Å². The first-order chi connectivity index (χ1) is 9.83. The van der Waals surface area contributed by atoms with Gasteiger partial charge in [-0.3, -0.25) is 0 Å². The molecule has 0 aliphatic carbocycles. The largest absolute Gasteiger partial charge is 0.316 e. The van der Waals surface area contributed by atoms with Crippen LogP contribution in [0.5, 0.6) is 0 Å². The Labute approximate surface area is 125 Å². The molecule has 1 aliphatic rings. The van der Waals surface area contributed by atoms with Crippen molar-refractivity contribution in [2.75, 3.05) is 13.1 Å². The molecule has 0 saturated carbocycles. The molecular formula is C18H18ClN. The van der Waals surface area contributed by atoms with Crippen LogP contribution < -0.4 is 5.32 Å². The Kier molecular flexibility index (Phi) is 4.19. The zero-order valence-electron chi connectivity index (χ0n) is 11.4. The second-order valence-corrected chi connectivity index (χ2v) is 5.58. The molecule has 3 rings (SSSR count). The van der Waals surface area contributed by atoms with Crippen LogP contribution in [-0.2, 0) is 0 Å². The average Bonchev–Trinajstić information content (AvgIpc) is 2.50. The molecule has 0 radical (unpaired) electrons. The number of piperidine rings is 1. The Hall–Kier alpha value is -1.57. The van der Waals surface area contributed by atoms with Crippen molar-refractivity contribution < 1.29 is 0 Å². The minimum Gasteiger partial charge on any atom is -0.316 e. The van der Waals surface area contributed by atoms with E-state index in [0.29, 0.717) is 0 Å². The highest BCUT2D eigenvalue weighted by Crippen LogP contribution is 2.28. The van der Waals surface area contributed by atoms with Gasteiger partial charge in [-0.15, -0.1) is 0 Å². The second-order valence-electron chi connectivity index (χ2n) is 5.15. The molecule has 102 valence electrons. The summed E-state index contributed by atoms with van der Waals surface area (Å²) in [5.74, 6) is 0. The lowest BCUT2D eigenvalue weighted by Gasteiger charge is -2.16. The van der Waals surface area contributed by atoms with Crippen molar-refractivity contribution in [3.63, 3.8) is 0 Å². The summed E-state index contributed by atoms with van der Waals surface area (Å²) < 4.78 is 0. The Balaban J connectivity index is 1.97. The number of rotatable bonds is 2. The van der Waals surface area contributed by atoms with Crippen LogP contribution in [0.25, 0.3) is 17.2 Å². The number of hydrogen-bond acceptors (Lipinski definition) is 1. The van der Waals surface area contributed by atoms with Crippen LogP contribution in [0.15, 0.2) is 54.1 Å². The SMILES string of the molecule is Clc1ccc(-c2ccccc2C=C2CCNCC2)cc1. The Bertz CT molecular complexity index is 606. The zero-order chi connectivity index (χ0) is 13.8. The third-order valence-electron chi connectivity index (χ3n) is 3.72. The summed E-state index contributed by atoms with van der Waals surface area (Å²) in [6.07, 6.45) is 4.65. The molecule has 1 saturated heterocycles. The molecule has 1 N–H and O–H groups in total. The van der Waals surface area contributed by atoms with E-state index in [-0.39, 0.29) is 0 Å². The van der Waals surface area contributed by atoms with Crippen molar-refractivity contribution in [3.8, 4) is 11.1 Å². The normalized spacial score (nSPS) is 15.2. The standard InChI is InChI=1S/C18H18ClN/c19-17-7-5-15(6-8-17)18-4-2-1-3-16(18)13-14-9-11-20-12-10-14/h1-8,13,20H,9-12H2. The Morgan fingerprint density at radius 3 is 2.35 bits per heavy atom. The molecule has 2 heteroatoms. The number of halogens is 1. The van der Waals surface area contributed by atoms with Crippen molar-refractivity contribution >= 4 is 17.7 Å². The van der Waals surface area contributed by atoms with E-state index in [1.165, 1.54) is 22.3 Å². The van der Waals surface area contributed by atoms with Gasteiger partial charge in [0.2, 0.25) is 0 Å². The smallest absolute Gasteiger partial charge is 0.0406 e. The van der Waals surface area contributed by atoms with Crippen LogP contribution in [0.2, 0.25) is 5.02 Å². The lowest BCUT2D eigenvalue weighted by atomic mass is 9.96. The molecular weight excluding hydrogens is 266 g/mol. The summed E-state index contributed by atoms with van der Waals surface area (Å²) in [6.45, 7) is 2.18. The van der Waals surface area contributed by atoms with Crippen molar-refractivity contribution in [1.29, 1.82) is 0 Å². The Morgan fingerprint density at radius 1 is 0.900 bits per heavy atom. The molecule has 0 spiro atoms. The van der Waals surface area contributed by atoms with Gasteiger partial charge in [-0.2, -0.15) is 0 Å². The van der Waals surface area contributed by atoms with Crippen molar-refractivity contribution in [2.24, 2.45) is 0 Å². The van der Waals surface area contributed by atoms with Crippen molar-refractivity contribution in [1.82, 2.24) is 5.32 Å². The third kappa shape index (κ3) is 3.12. The fraction of sp³-hybridized carbons (Fsp3) is 0.222. The van der Waals surface area contributed by atoms with Crippen molar-refractivity contribution in [2.45, 2.75) is 12.8 Å². The van der Waals surface area contributed by atoms with Gasteiger partial charge in [0.1, 0.15) is 0 Å². The molecule has 0 unspecified atom stereocenters. The lowest BCUT2D eigenvalue weighted by Crippen LogP contribution is -2.22. The topological polar surface area (TPSA) is 12.0 Å². The predicted molar refractivity (Wildman–Crippen MR) is 87.0 cm³/mol. The summed E-state index contributed by atoms with van der Waals surface area (Å²) in [5, 5.41) is 4.18.